The van der Waals surface area contributed by atoms with Gasteiger partial charge in [0.2, 0.25) is 0 Å². The molecule has 1 aromatic rings. The second kappa shape index (κ2) is 7.20. The molecule has 0 bridgehead atoms. The molecule has 1 nitrogen and oxygen atoms in total. The molecule has 0 saturated heterocycles. The molecule has 0 aliphatic heterocycles. The number of nitrogens with one attached hydrogen (secondary N) is 1. The first-order chi connectivity index (χ1) is 8.79. The van der Waals surface area contributed by atoms with Gasteiger partial charge in [-0.25, -0.2) is 0 Å². The van der Waals surface area contributed by atoms with Crippen molar-refractivity contribution in [3.8, 4) is 0 Å². The molecule has 2 heteroatoms. The zero-order chi connectivity index (χ0) is 12.8. The van der Waals surface area contributed by atoms with E-state index >= 15 is 0 Å². The third-order valence-corrected chi connectivity index (χ3v) is 4.96. The Kier molecular flexibility index (Phi) is 5.58. The molecule has 0 radical (unpaired) electrons. The quantitative estimate of drug-likeness (QED) is 0.738. The van der Waals surface area contributed by atoms with Crippen molar-refractivity contribution in [3.63, 3.8) is 0 Å². The number of aryl methyl sites for hydroxylation is 1. The predicted molar refractivity (Wildman–Crippen MR) is 81.3 cm³/mol. The molecule has 2 rings (SSSR count). The van der Waals surface area contributed by atoms with Crippen LogP contribution in [-0.2, 0) is 0 Å². The van der Waals surface area contributed by atoms with Crippen LogP contribution in [0.15, 0.2) is 29.2 Å². The Balaban J connectivity index is 1.82. The molecular formula is C16H25NS. The molecular weight excluding hydrogens is 238 g/mol. The SMILES string of the molecule is CCCNC(CSc1ccc(C)cc1)C1CCC1. The smallest absolute Gasteiger partial charge is 0.0189 e. The Morgan fingerprint density at radius 2 is 2.00 bits per heavy atom. The number of rotatable bonds is 7. The summed E-state index contributed by atoms with van der Waals surface area (Å²) in [4.78, 5) is 1.41. The summed E-state index contributed by atoms with van der Waals surface area (Å²) in [5, 5.41) is 3.73. The normalized spacial score (nSPS) is 17.4. The predicted octanol–water partition coefficient (Wildman–Crippen LogP) is 4.26. The van der Waals surface area contributed by atoms with Crippen LogP contribution < -0.4 is 5.32 Å². The zero-order valence-corrected chi connectivity index (χ0v) is 12.4. The van der Waals surface area contributed by atoms with E-state index in [9.17, 15) is 0 Å². The minimum atomic E-state index is 0.713. The summed E-state index contributed by atoms with van der Waals surface area (Å²) in [5.74, 6) is 2.14. The first-order valence-corrected chi connectivity index (χ1v) is 8.21. The fourth-order valence-corrected chi connectivity index (χ4v) is 3.44. The second-order valence-corrected chi connectivity index (χ2v) is 6.47. The van der Waals surface area contributed by atoms with Crippen molar-refractivity contribution in [2.45, 2.75) is 50.5 Å². The van der Waals surface area contributed by atoms with Gasteiger partial charge in [-0.05, 0) is 50.8 Å². The number of benzene rings is 1. The molecule has 0 heterocycles. The summed E-state index contributed by atoms with van der Waals surface area (Å²) in [7, 11) is 0. The van der Waals surface area contributed by atoms with E-state index in [4.69, 9.17) is 0 Å². The van der Waals surface area contributed by atoms with Crippen LogP contribution in [0, 0.1) is 12.8 Å². The largest absolute Gasteiger partial charge is 0.313 e. The molecule has 0 amide bonds. The Morgan fingerprint density at radius 1 is 1.28 bits per heavy atom. The summed E-state index contributed by atoms with van der Waals surface area (Å²) in [6.07, 6.45) is 5.52. The number of hydrogen-bond donors (Lipinski definition) is 1. The second-order valence-electron chi connectivity index (χ2n) is 5.38. The maximum absolute atomic E-state index is 3.73. The van der Waals surface area contributed by atoms with Crippen molar-refractivity contribution in [1.82, 2.24) is 5.32 Å². The highest BCUT2D eigenvalue weighted by Crippen LogP contribution is 2.32. The third-order valence-electron chi connectivity index (χ3n) is 3.83. The van der Waals surface area contributed by atoms with Gasteiger partial charge in [-0.1, -0.05) is 31.0 Å². The molecule has 1 aliphatic carbocycles. The molecule has 1 aliphatic rings. The van der Waals surface area contributed by atoms with Gasteiger partial charge < -0.3 is 5.32 Å². The van der Waals surface area contributed by atoms with E-state index in [-0.39, 0.29) is 0 Å². The standard InChI is InChI=1S/C16H25NS/c1-3-11-17-16(14-5-4-6-14)12-18-15-9-7-13(2)8-10-15/h7-10,14,16-17H,3-6,11-12H2,1-2H3. The summed E-state index contributed by atoms with van der Waals surface area (Å²) in [5.41, 5.74) is 1.35. The maximum atomic E-state index is 3.73. The van der Waals surface area contributed by atoms with Gasteiger partial charge >= 0.3 is 0 Å². The fraction of sp³-hybridized carbons (Fsp3) is 0.625. The van der Waals surface area contributed by atoms with E-state index in [0.29, 0.717) is 6.04 Å². The average molecular weight is 263 g/mol. The fourth-order valence-electron chi connectivity index (χ4n) is 2.35. The Morgan fingerprint density at radius 3 is 2.56 bits per heavy atom. The van der Waals surface area contributed by atoms with Gasteiger partial charge in [0.15, 0.2) is 0 Å². The number of thioether (sulfide) groups is 1. The van der Waals surface area contributed by atoms with E-state index < -0.39 is 0 Å². The lowest BCUT2D eigenvalue weighted by molar-refractivity contribution is 0.244. The van der Waals surface area contributed by atoms with Gasteiger partial charge in [0.25, 0.3) is 0 Å². The van der Waals surface area contributed by atoms with Gasteiger partial charge in [-0.2, -0.15) is 0 Å². The van der Waals surface area contributed by atoms with Crippen molar-refractivity contribution in [2.24, 2.45) is 5.92 Å². The highest BCUT2D eigenvalue weighted by atomic mass is 32.2. The van der Waals surface area contributed by atoms with Crippen molar-refractivity contribution < 1.29 is 0 Å². The lowest BCUT2D eigenvalue weighted by atomic mass is 9.80. The third kappa shape index (κ3) is 4.03. The summed E-state index contributed by atoms with van der Waals surface area (Å²) >= 11 is 2.00. The van der Waals surface area contributed by atoms with Gasteiger partial charge in [-0.3, -0.25) is 0 Å². The lowest BCUT2D eigenvalue weighted by Crippen LogP contribution is -2.41. The average Bonchev–Trinajstić information content (AvgIpc) is 2.32. The molecule has 1 N–H and O–H groups in total. The van der Waals surface area contributed by atoms with Crippen molar-refractivity contribution in [3.05, 3.63) is 29.8 Å². The van der Waals surface area contributed by atoms with Gasteiger partial charge in [0, 0.05) is 16.7 Å². The van der Waals surface area contributed by atoms with Crippen LogP contribution in [0.25, 0.3) is 0 Å². The highest BCUT2D eigenvalue weighted by molar-refractivity contribution is 7.99. The van der Waals surface area contributed by atoms with Crippen LogP contribution in [0.4, 0.5) is 0 Å². The highest BCUT2D eigenvalue weighted by Gasteiger charge is 2.26. The van der Waals surface area contributed by atoms with Gasteiger partial charge in [0.05, 0.1) is 0 Å². The molecule has 1 atom stereocenters. The Hall–Kier alpha value is -0.470. The lowest BCUT2D eigenvalue weighted by Gasteiger charge is -2.34. The molecule has 1 aromatic carbocycles. The van der Waals surface area contributed by atoms with Gasteiger partial charge in [0.1, 0.15) is 0 Å². The van der Waals surface area contributed by atoms with Crippen molar-refractivity contribution in [1.29, 1.82) is 0 Å². The van der Waals surface area contributed by atoms with Gasteiger partial charge in [-0.15, -0.1) is 11.8 Å². The summed E-state index contributed by atoms with van der Waals surface area (Å²) in [6, 6.07) is 9.63. The van der Waals surface area contributed by atoms with E-state index in [0.717, 1.165) is 12.5 Å². The van der Waals surface area contributed by atoms with Crippen LogP contribution in [0.1, 0.15) is 38.2 Å². The van der Waals surface area contributed by atoms with Crippen molar-refractivity contribution >= 4 is 11.8 Å². The van der Waals surface area contributed by atoms with Crippen LogP contribution in [-0.4, -0.2) is 18.3 Å². The van der Waals surface area contributed by atoms with E-state index in [2.05, 4.69) is 43.4 Å². The Labute approximate surface area is 116 Å². The van der Waals surface area contributed by atoms with Crippen molar-refractivity contribution in [2.75, 3.05) is 12.3 Å². The van der Waals surface area contributed by atoms with Crippen LogP contribution in [0.2, 0.25) is 0 Å². The van der Waals surface area contributed by atoms with Crippen LogP contribution in [0.3, 0.4) is 0 Å². The van der Waals surface area contributed by atoms with E-state index in [1.165, 1.54) is 41.9 Å². The maximum Gasteiger partial charge on any atom is 0.0189 e. The molecule has 1 unspecified atom stereocenters. The van der Waals surface area contributed by atoms with E-state index in [1.54, 1.807) is 0 Å². The number of hydrogen-bond acceptors (Lipinski definition) is 2. The molecule has 100 valence electrons. The molecule has 1 saturated carbocycles. The summed E-state index contributed by atoms with van der Waals surface area (Å²) in [6.45, 7) is 5.56. The van der Waals surface area contributed by atoms with E-state index in [1.807, 2.05) is 11.8 Å². The summed E-state index contributed by atoms with van der Waals surface area (Å²) < 4.78 is 0. The topological polar surface area (TPSA) is 12.0 Å². The molecule has 0 aromatic heterocycles. The Bertz CT molecular complexity index is 343. The minimum Gasteiger partial charge on any atom is -0.313 e. The monoisotopic (exact) mass is 263 g/mol. The minimum absolute atomic E-state index is 0.713. The zero-order valence-electron chi connectivity index (χ0n) is 11.6. The first-order valence-electron chi connectivity index (χ1n) is 7.22. The first kappa shape index (κ1) is 14.0. The molecule has 1 fully saturated rings. The molecule has 0 spiro atoms. The molecule has 18 heavy (non-hydrogen) atoms. The van der Waals surface area contributed by atoms with Crippen LogP contribution >= 0.6 is 11.8 Å². The van der Waals surface area contributed by atoms with Crippen LogP contribution in [0.5, 0.6) is 0 Å².